The fraction of sp³-hybridized carbons (Fsp3) is 0.571. The number of benzene rings is 1. The quantitative estimate of drug-likeness (QED) is 0.925. The summed E-state index contributed by atoms with van der Waals surface area (Å²) in [6.07, 6.45) is -4.29. The molecule has 1 aromatic carbocycles. The lowest BCUT2D eigenvalue weighted by molar-refractivity contribution is -0.137. The zero-order valence-corrected chi connectivity index (χ0v) is 11.5. The molecule has 0 radical (unpaired) electrons. The van der Waals surface area contributed by atoms with E-state index in [0.29, 0.717) is 18.3 Å². The van der Waals surface area contributed by atoms with Crippen LogP contribution in [0.1, 0.15) is 12.5 Å². The average molecular weight is 287 g/mol. The van der Waals surface area contributed by atoms with Crippen molar-refractivity contribution in [2.75, 3.05) is 37.6 Å². The summed E-state index contributed by atoms with van der Waals surface area (Å²) in [5, 5.41) is 0. The summed E-state index contributed by atoms with van der Waals surface area (Å²) >= 11 is 0. The summed E-state index contributed by atoms with van der Waals surface area (Å²) < 4.78 is 38.1. The van der Waals surface area contributed by atoms with Crippen molar-refractivity contribution >= 4 is 5.69 Å². The molecule has 1 saturated heterocycles. The second-order valence-corrected chi connectivity index (χ2v) is 5.16. The molecule has 112 valence electrons. The van der Waals surface area contributed by atoms with Gasteiger partial charge in [-0.05, 0) is 25.1 Å². The summed E-state index contributed by atoms with van der Waals surface area (Å²) in [6, 6.07) is 5.85. The second kappa shape index (κ2) is 6.01. The number of rotatable bonds is 3. The van der Waals surface area contributed by atoms with Gasteiger partial charge < -0.3 is 10.6 Å². The number of hydrogen-bond donors (Lipinski definition) is 1. The highest BCUT2D eigenvalue weighted by Crippen LogP contribution is 2.31. The molecule has 1 atom stereocenters. The van der Waals surface area contributed by atoms with Crippen LogP contribution < -0.4 is 10.6 Å². The van der Waals surface area contributed by atoms with Crippen LogP contribution in [-0.2, 0) is 6.18 Å². The first kappa shape index (κ1) is 15.1. The lowest BCUT2D eigenvalue weighted by atomic mass is 10.1. The first-order valence-electron chi connectivity index (χ1n) is 6.78. The Bertz CT molecular complexity index is 440. The van der Waals surface area contributed by atoms with Crippen molar-refractivity contribution in [3.63, 3.8) is 0 Å². The maximum absolute atomic E-state index is 12.7. The Morgan fingerprint density at radius 3 is 2.40 bits per heavy atom. The Morgan fingerprint density at radius 1 is 1.20 bits per heavy atom. The lowest BCUT2D eigenvalue weighted by Crippen LogP contribution is -2.51. The molecule has 20 heavy (non-hydrogen) atoms. The highest BCUT2D eigenvalue weighted by molar-refractivity contribution is 5.49. The maximum Gasteiger partial charge on any atom is 0.416 e. The smallest absolute Gasteiger partial charge is 0.369 e. The zero-order valence-electron chi connectivity index (χ0n) is 11.5. The summed E-state index contributed by atoms with van der Waals surface area (Å²) in [7, 11) is 0. The third kappa shape index (κ3) is 3.43. The van der Waals surface area contributed by atoms with Gasteiger partial charge in [0.2, 0.25) is 0 Å². The molecule has 3 nitrogen and oxygen atoms in total. The zero-order chi connectivity index (χ0) is 14.8. The van der Waals surface area contributed by atoms with Gasteiger partial charge in [0.15, 0.2) is 0 Å². The van der Waals surface area contributed by atoms with Crippen LogP contribution in [0.4, 0.5) is 18.9 Å². The van der Waals surface area contributed by atoms with Crippen molar-refractivity contribution in [2.45, 2.75) is 19.1 Å². The van der Waals surface area contributed by atoms with Gasteiger partial charge in [-0.1, -0.05) is 6.07 Å². The molecule has 0 amide bonds. The van der Waals surface area contributed by atoms with Crippen LogP contribution in [0, 0.1) is 0 Å². The predicted molar refractivity (Wildman–Crippen MR) is 73.7 cm³/mol. The normalized spacial score (nSPS) is 19.1. The van der Waals surface area contributed by atoms with E-state index in [1.165, 1.54) is 12.1 Å². The monoisotopic (exact) mass is 287 g/mol. The van der Waals surface area contributed by atoms with E-state index >= 15 is 0 Å². The third-order valence-electron chi connectivity index (χ3n) is 3.82. The lowest BCUT2D eigenvalue weighted by Gasteiger charge is -2.39. The number of hydrogen-bond acceptors (Lipinski definition) is 3. The largest absolute Gasteiger partial charge is 0.416 e. The fourth-order valence-electron chi connectivity index (χ4n) is 2.45. The molecule has 1 unspecified atom stereocenters. The van der Waals surface area contributed by atoms with Crippen LogP contribution in [-0.4, -0.2) is 43.7 Å². The first-order valence-corrected chi connectivity index (χ1v) is 6.78. The summed E-state index contributed by atoms with van der Waals surface area (Å²) in [5.74, 6) is 0. The molecular formula is C14H20F3N3. The van der Waals surface area contributed by atoms with Crippen molar-refractivity contribution in [3.8, 4) is 0 Å². The van der Waals surface area contributed by atoms with Gasteiger partial charge in [0, 0.05) is 44.5 Å². The summed E-state index contributed by atoms with van der Waals surface area (Å²) in [5.41, 5.74) is 5.68. The van der Waals surface area contributed by atoms with Gasteiger partial charge in [0.05, 0.1) is 5.56 Å². The number of alkyl halides is 3. The van der Waals surface area contributed by atoms with E-state index in [1.807, 2.05) is 4.90 Å². The minimum Gasteiger partial charge on any atom is -0.369 e. The molecular weight excluding hydrogens is 267 g/mol. The summed E-state index contributed by atoms with van der Waals surface area (Å²) in [6.45, 7) is 5.78. The van der Waals surface area contributed by atoms with Gasteiger partial charge in [-0.3, -0.25) is 4.90 Å². The highest BCUT2D eigenvalue weighted by atomic mass is 19.4. The predicted octanol–water partition coefficient (Wildman–Crippen LogP) is 2.17. The van der Waals surface area contributed by atoms with Crippen LogP contribution >= 0.6 is 0 Å². The highest BCUT2D eigenvalue weighted by Gasteiger charge is 2.31. The van der Waals surface area contributed by atoms with E-state index in [9.17, 15) is 13.2 Å². The minimum absolute atomic E-state index is 0.318. The van der Waals surface area contributed by atoms with Gasteiger partial charge in [0.25, 0.3) is 0 Å². The Hall–Kier alpha value is -1.27. The Balaban J connectivity index is 2.04. The van der Waals surface area contributed by atoms with Crippen molar-refractivity contribution < 1.29 is 13.2 Å². The van der Waals surface area contributed by atoms with Crippen LogP contribution in [0.5, 0.6) is 0 Å². The Morgan fingerprint density at radius 2 is 1.85 bits per heavy atom. The third-order valence-corrected chi connectivity index (χ3v) is 3.82. The second-order valence-electron chi connectivity index (χ2n) is 5.16. The average Bonchev–Trinajstić information content (AvgIpc) is 2.46. The van der Waals surface area contributed by atoms with Gasteiger partial charge in [-0.25, -0.2) is 0 Å². The molecule has 2 N–H and O–H groups in total. The number of anilines is 1. The molecule has 0 aromatic heterocycles. The molecule has 2 rings (SSSR count). The van der Waals surface area contributed by atoms with E-state index < -0.39 is 11.7 Å². The molecule has 1 heterocycles. The summed E-state index contributed by atoms with van der Waals surface area (Å²) in [4.78, 5) is 4.26. The van der Waals surface area contributed by atoms with E-state index in [0.717, 1.165) is 32.2 Å². The molecule has 1 aliphatic rings. The fourth-order valence-corrected chi connectivity index (χ4v) is 2.45. The molecule has 1 aromatic rings. The van der Waals surface area contributed by atoms with E-state index in [2.05, 4.69) is 11.8 Å². The number of halogens is 3. The molecule has 0 spiro atoms. The van der Waals surface area contributed by atoms with E-state index in [1.54, 1.807) is 6.07 Å². The van der Waals surface area contributed by atoms with Crippen molar-refractivity contribution in [3.05, 3.63) is 29.8 Å². The topological polar surface area (TPSA) is 32.5 Å². The molecule has 0 saturated carbocycles. The van der Waals surface area contributed by atoms with Gasteiger partial charge >= 0.3 is 6.18 Å². The number of nitrogens with two attached hydrogens (primary N) is 1. The molecule has 0 bridgehead atoms. The number of piperazine rings is 1. The van der Waals surface area contributed by atoms with Crippen LogP contribution in [0.25, 0.3) is 0 Å². The number of nitrogens with zero attached hydrogens (tertiary/aromatic N) is 2. The van der Waals surface area contributed by atoms with Gasteiger partial charge in [0.1, 0.15) is 0 Å². The Labute approximate surface area is 117 Å². The standard InChI is InChI=1S/C14H20F3N3/c1-11(10-18)19-5-7-20(8-6-19)13-4-2-3-12(9-13)14(15,16)17/h2-4,9,11H,5-8,10,18H2,1H3. The van der Waals surface area contributed by atoms with Crippen LogP contribution in [0.3, 0.4) is 0 Å². The first-order chi connectivity index (χ1) is 9.41. The minimum atomic E-state index is -4.29. The van der Waals surface area contributed by atoms with Gasteiger partial charge in [-0.15, -0.1) is 0 Å². The maximum atomic E-state index is 12.7. The van der Waals surface area contributed by atoms with Crippen LogP contribution in [0.2, 0.25) is 0 Å². The van der Waals surface area contributed by atoms with E-state index in [-0.39, 0.29) is 0 Å². The molecule has 0 aliphatic carbocycles. The molecule has 1 fully saturated rings. The molecule has 1 aliphatic heterocycles. The van der Waals surface area contributed by atoms with Crippen molar-refractivity contribution in [1.82, 2.24) is 4.90 Å². The van der Waals surface area contributed by atoms with Crippen molar-refractivity contribution in [1.29, 1.82) is 0 Å². The molecule has 6 heteroatoms. The van der Waals surface area contributed by atoms with Crippen LogP contribution in [0.15, 0.2) is 24.3 Å². The Kier molecular flexibility index (Phi) is 4.55. The van der Waals surface area contributed by atoms with Gasteiger partial charge in [-0.2, -0.15) is 13.2 Å². The van der Waals surface area contributed by atoms with E-state index in [4.69, 9.17) is 5.73 Å². The SMILES string of the molecule is CC(CN)N1CCN(c2cccc(C(F)(F)F)c2)CC1. The van der Waals surface area contributed by atoms with Crippen molar-refractivity contribution in [2.24, 2.45) is 5.73 Å².